The Bertz CT molecular complexity index is 1300. The molecule has 2 atom stereocenters. The number of pyridine rings is 2. The number of aliphatic hydroxyl groups is 1. The number of rotatable bonds is 7. The Morgan fingerprint density at radius 2 is 2.03 bits per heavy atom. The first-order valence-corrected chi connectivity index (χ1v) is 10.6. The Morgan fingerprint density at radius 3 is 2.74 bits per heavy atom. The number of halogens is 1. The van der Waals surface area contributed by atoms with E-state index in [2.05, 4.69) is 10.1 Å². The predicted molar refractivity (Wildman–Crippen MR) is 122 cm³/mol. The summed E-state index contributed by atoms with van der Waals surface area (Å²) in [6.07, 6.45) is 8.65. The van der Waals surface area contributed by atoms with E-state index in [1.54, 1.807) is 67.6 Å². The molecule has 1 aliphatic heterocycles. The van der Waals surface area contributed by atoms with E-state index in [-0.39, 0.29) is 5.84 Å². The zero-order valence-corrected chi connectivity index (χ0v) is 19.1. The number of hydrogen-bond donors (Lipinski definition) is 3. The molecular weight excluding hydrogens is 441 g/mol. The van der Waals surface area contributed by atoms with Crippen LogP contribution >= 0.6 is 0 Å². The molecule has 178 valence electrons. The van der Waals surface area contributed by atoms with Gasteiger partial charge in [0.15, 0.2) is 17.5 Å². The van der Waals surface area contributed by atoms with Crippen LogP contribution in [0.5, 0.6) is 5.75 Å². The highest BCUT2D eigenvalue weighted by Crippen LogP contribution is 2.31. The molecule has 0 saturated carbocycles. The fraction of sp³-hybridized carbons (Fsp3) is 0.304. The number of aromatic nitrogens is 4. The molecule has 4 heterocycles. The molecule has 0 saturated heterocycles. The fourth-order valence-electron chi connectivity index (χ4n) is 3.70. The standard InChI is InChI=1S/C23H26FN7O3/c1-14(21(25)31-13-15(8-19(24)22(31)26)16-10-28-29(2)12-16)30-5-4-20-18(23(30)32)9-17(11-27-20)34-7-6-33-3/h4-5,8-14,23,25-26,32H,6-7H2,1-3H3/t14-,23?/m0/s1. The smallest absolute Gasteiger partial charge is 0.167 e. The largest absolute Gasteiger partial charge is 0.490 e. The third-order valence-electron chi connectivity index (χ3n) is 5.60. The van der Waals surface area contributed by atoms with Crippen LogP contribution in [0.2, 0.25) is 0 Å². The molecule has 0 aromatic carbocycles. The summed E-state index contributed by atoms with van der Waals surface area (Å²) in [4.78, 5) is 5.88. The van der Waals surface area contributed by atoms with E-state index in [1.807, 2.05) is 0 Å². The molecule has 0 bridgehead atoms. The van der Waals surface area contributed by atoms with Gasteiger partial charge in [0.2, 0.25) is 0 Å². The maximum absolute atomic E-state index is 14.6. The highest BCUT2D eigenvalue weighted by Gasteiger charge is 2.29. The number of nitrogens with zero attached hydrogens (tertiary/aromatic N) is 5. The lowest BCUT2D eigenvalue weighted by Gasteiger charge is -2.36. The molecule has 0 fully saturated rings. The molecule has 1 unspecified atom stereocenters. The van der Waals surface area contributed by atoms with E-state index >= 15 is 0 Å². The van der Waals surface area contributed by atoms with Crippen LogP contribution in [0.1, 0.15) is 24.4 Å². The summed E-state index contributed by atoms with van der Waals surface area (Å²) in [5.74, 6) is -0.357. The van der Waals surface area contributed by atoms with E-state index in [0.717, 1.165) is 0 Å². The molecule has 0 aliphatic carbocycles. The number of aryl methyl sites for hydroxylation is 1. The lowest BCUT2D eigenvalue weighted by molar-refractivity contribution is 0.0249. The minimum Gasteiger partial charge on any atom is -0.490 e. The van der Waals surface area contributed by atoms with E-state index in [0.29, 0.717) is 41.3 Å². The van der Waals surface area contributed by atoms with Gasteiger partial charge in [-0.05, 0) is 25.1 Å². The third kappa shape index (κ3) is 4.47. The first-order valence-electron chi connectivity index (χ1n) is 10.6. The lowest BCUT2D eigenvalue weighted by Crippen LogP contribution is -2.45. The van der Waals surface area contributed by atoms with Crippen molar-refractivity contribution in [3.05, 3.63) is 65.7 Å². The molecule has 0 spiro atoms. The van der Waals surface area contributed by atoms with Gasteiger partial charge in [0.1, 0.15) is 18.2 Å². The van der Waals surface area contributed by atoms with Crippen molar-refractivity contribution < 1.29 is 19.0 Å². The second kappa shape index (κ2) is 9.57. The van der Waals surface area contributed by atoms with Crippen LogP contribution in [0.25, 0.3) is 17.2 Å². The van der Waals surface area contributed by atoms with Gasteiger partial charge in [0, 0.05) is 49.4 Å². The molecule has 3 N–H and O–H groups in total. The van der Waals surface area contributed by atoms with Gasteiger partial charge in [-0.3, -0.25) is 25.1 Å². The lowest BCUT2D eigenvalue weighted by atomic mass is 10.1. The first kappa shape index (κ1) is 23.3. The third-order valence-corrected chi connectivity index (χ3v) is 5.60. The molecule has 0 amide bonds. The van der Waals surface area contributed by atoms with Gasteiger partial charge in [0.25, 0.3) is 0 Å². The Hall–Kier alpha value is -3.83. The van der Waals surface area contributed by atoms with Crippen molar-refractivity contribution >= 4 is 11.9 Å². The normalized spacial score (nSPS) is 15.8. The predicted octanol–water partition coefficient (Wildman–Crippen LogP) is 2.12. The number of nitrogens with one attached hydrogen (secondary N) is 2. The molecular formula is C23H26FN7O3. The van der Waals surface area contributed by atoms with Crippen LogP contribution in [-0.4, -0.2) is 61.5 Å². The van der Waals surface area contributed by atoms with Crippen LogP contribution < -0.4 is 10.2 Å². The molecule has 4 rings (SSSR count). The molecule has 3 aromatic rings. The number of aliphatic hydroxyl groups excluding tert-OH is 1. The van der Waals surface area contributed by atoms with E-state index in [4.69, 9.17) is 20.3 Å². The molecule has 1 aliphatic rings. The van der Waals surface area contributed by atoms with Crippen LogP contribution in [-0.2, 0) is 11.8 Å². The molecule has 0 radical (unpaired) electrons. The number of methoxy groups -OCH3 is 1. The Labute approximate surface area is 195 Å². The van der Waals surface area contributed by atoms with Crippen LogP contribution in [0.4, 0.5) is 4.39 Å². The average Bonchev–Trinajstić information content (AvgIpc) is 3.27. The molecule has 11 heteroatoms. The van der Waals surface area contributed by atoms with Crippen LogP contribution in [0, 0.1) is 16.6 Å². The van der Waals surface area contributed by atoms with Gasteiger partial charge in [-0.25, -0.2) is 4.39 Å². The number of fused-ring (bicyclic) bond motifs is 1. The zero-order chi connectivity index (χ0) is 24.4. The van der Waals surface area contributed by atoms with Crippen molar-refractivity contribution in [2.45, 2.75) is 19.2 Å². The summed E-state index contributed by atoms with van der Waals surface area (Å²) in [7, 11) is 3.33. The minimum absolute atomic E-state index is 0.0813. The summed E-state index contributed by atoms with van der Waals surface area (Å²) in [5.41, 5.74) is 1.80. The molecule has 10 nitrogen and oxygen atoms in total. The van der Waals surface area contributed by atoms with Gasteiger partial charge in [-0.1, -0.05) is 0 Å². The zero-order valence-electron chi connectivity index (χ0n) is 19.1. The van der Waals surface area contributed by atoms with Gasteiger partial charge in [-0.2, -0.15) is 5.10 Å². The fourth-order valence-corrected chi connectivity index (χ4v) is 3.70. The molecule has 3 aromatic heterocycles. The van der Waals surface area contributed by atoms with Gasteiger partial charge in [-0.15, -0.1) is 0 Å². The number of ether oxygens (including phenoxy) is 2. The van der Waals surface area contributed by atoms with Gasteiger partial charge < -0.3 is 19.5 Å². The monoisotopic (exact) mass is 467 g/mol. The maximum Gasteiger partial charge on any atom is 0.167 e. The van der Waals surface area contributed by atoms with E-state index < -0.39 is 23.6 Å². The minimum atomic E-state index is -1.12. The Kier molecular flexibility index (Phi) is 6.57. The van der Waals surface area contributed by atoms with Crippen LogP contribution in [0.3, 0.4) is 0 Å². The van der Waals surface area contributed by atoms with Crippen LogP contribution in [0.15, 0.2) is 43.1 Å². The highest BCUT2D eigenvalue weighted by molar-refractivity contribution is 5.87. The maximum atomic E-state index is 14.6. The summed E-state index contributed by atoms with van der Waals surface area (Å²) in [6.45, 7) is 2.46. The number of hydrogen-bond acceptors (Lipinski definition) is 8. The average molecular weight is 468 g/mol. The quantitative estimate of drug-likeness (QED) is 0.278. The second-order valence-electron chi connectivity index (χ2n) is 7.88. The summed E-state index contributed by atoms with van der Waals surface area (Å²) in [5, 5.41) is 32.0. The summed E-state index contributed by atoms with van der Waals surface area (Å²) in [6, 6.07) is 2.24. The van der Waals surface area contributed by atoms with E-state index in [1.165, 1.54) is 16.8 Å². The van der Waals surface area contributed by atoms with Gasteiger partial charge >= 0.3 is 0 Å². The van der Waals surface area contributed by atoms with Crippen molar-refractivity contribution in [2.24, 2.45) is 7.05 Å². The van der Waals surface area contributed by atoms with Crippen molar-refractivity contribution in [1.82, 2.24) is 24.2 Å². The van der Waals surface area contributed by atoms with Crippen molar-refractivity contribution in [3.63, 3.8) is 0 Å². The highest BCUT2D eigenvalue weighted by atomic mass is 19.1. The second-order valence-corrected chi connectivity index (χ2v) is 7.88. The topological polar surface area (TPSA) is 125 Å². The van der Waals surface area contributed by atoms with Crippen molar-refractivity contribution in [1.29, 1.82) is 10.8 Å². The van der Waals surface area contributed by atoms with Gasteiger partial charge in [0.05, 0.1) is 30.7 Å². The Morgan fingerprint density at radius 1 is 1.24 bits per heavy atom. The van der Waals surface area contributed by atoms with E-state index in [9.17, 15) is 9.50 Å². The SMILES string of the molecule is COCCOc1cnc2c(c1)C(O)N([C@@H](C)C(=N)n1cc(-c3cnn(C)c3)cc(F)c1=N)C=C2. The summed E-state index contributed by atoms with van der Waals surface area (Å²) < 4.78 is 27.9. The Balaban J connectivity index is 1.61. The first-order chi connectivity index (χ1) is 16.3. The summed E-state index contributed by atoms with van der Waals surface area (Å²) >= 11 is 0. The van der Waals surface area contributed by atoms with Crippen molar-refractivity contribution in [3.8, 4) is 16.9 Å². The molecule has 34 heavy (non-hydrogen) atoms. The van der Waals surface area contributed by atoms with Crippen molar-refractivity contribution in [2.75, 3.05) is 20.3 Å².